The van der Waals surface area contributed by atoms with Gasteiger partial charge in [-0.3, -0.25) is 4.79 Å². The third-order valence-corrected chi connectivity index (χ3v) is 3.23. The Morgan fingerprint density at radius 3 is 2.11 bits per heavy atom. The molecule has 0 saturated heterocycles. The van der Waals surface area contributed by atoms with Gasteiger partial charge < -0.3 is 4.74 Å². The monoisotopic (exact) mass is 294 g/mol. The van der Waals surface area contributed by atoms with Gasteiger partial charge in [0.15, 0.2) is 5.75 Å². The zero-order chi connectivity index (χ0) is 13.8. The number of carbonyl (C=O) groups is 1. The van der Waals surface area contributed by atoms with Crippen molar-refractivity contribution in [1.82, 2.24) is 0 Å². The summed E-state index contributed by atoms with van der Waals surface area (Å²) < 4.78 is 5.38. The van der Waals surface area contributed by atoms with Gasteiger partial charge >= 0.3 is 0 Å². The first kappa shape index (κ1) is 13.9. The van der Waals surface area contributed by atoms with E-state index >= 15 is 0 Å². The molecule has 0 heterocycles. The van der Waals surface area contributed by atoms with E-state index in [-0.39, 0.29) is 0 Å². The SMILES string of the molecule is CCOc1c(Cl)cc(-c2ccc(C=O)cc2)cc1Cl. The van der Waals surface area contributed by atoms with Gasteiger partial charge in [-0.1, -0.05) is 47.5 Å². The Balaban J connectivity index is 2.42. The van der Waals surface area contributed by atoms with E-state index < -0.39 is 0 Å². The normalized spacial score (nSPS) is 10.3. The fourth-order valence-electron chi connectivity index (χ4n) is 1.76. The zero-order valence-electron chi connectivity index (χ0n) is 10.3. The minimum absolute atomic E-state index is 0.476. The van der Waals surface area contributed by atoms with Gasteiger partial charge in [-0.2, -0.15) is 0 Å². The molecule has 0 aromatic heterocycles. The standard InChI is InChI=1S/C15H12Cl2O2/c1-2-19-15-13(16)7-12(8-14(15)17)11-5-3-10(9-18)4-6-11/h3-9H,2H2,1H3. The van der Waals surface area contributed by atoms with Gasteiger partial charge in [-0.05, 0) is 30.2 Å². The predicted molar refractivity (Wildman–Crippen MR) is 78.5 cm³/mol. The first-order valence-corrected chi connectivity index (χ1v) is 6.58. The fraction of sp³-hybridized carbons (Fsp3) is 0.133. The molecule has 4 heteroatoms. The van der Waals surface area contributed by atoms with Gasteiger partial charge in [0.05, 0.1) is 16.7 Å². The molecule has 0 fully saturated rings. The molecule has 0 bridgehead atoms. The van der Waals surface area contributed by atoms with Crippen LogP contribution < -0.4 is 4.74 Å². The van der Waals surface area contributed by atoms with Crippen molar-refractivity contribution in [3.8, 4) is 16.9 Å². The predicted octanol–water partition coefficient (Wildman–Crippen LogP) is 4.87. The molecule has 98 valence electrons. The zero-order valence-corrected chi connectivity index (χ0v) is 11.8. The lowest BCUT2D eigenvalue weighted by atomic mass is 10.0. The second-order valence-electron chi connectivity index (χ2n) is 3.94. The van der Waals surface area contributed by atoms with Crippen LogP contribution in [-0.4, -0.2) is 12.9 Å². The summed E-state index contributed by atoms with van der Waals surface area (Å²) in [6.45, 7) is 2.38. The summed E-state index contributed by atoms with van der Waals surface area (Å²) in [5.41, 5.74) is 2.46. The highest BCUT2D eigenvalue weighted by molar-refractivity contribution is 6.37. The van der Waals surface area contributed by atoms with E-state index in [0.717, 1.165) is 17.4 Å². The van der Waals surface area contributed by atoms with Crippen LogP contribution >= 0.6 is 23.2 Å². The van der Waals surface area contributed by atoms with Crippen LogP contribution in [0, 0.1) is 0 Å². The van der Waals surface area contributed by atoms with Crippen molar-refractivity contribution in [3.63, 3.8) is 0 Å². The number of ether oxygens (including phenoxy) is 1. The van der Waals surface area contributed by atoms with Gasteiger partial charge in [0.2, 0.25) is 0 Å². The maximum absolute atomic E-state index is 10.6. The van der Waals surface area contributed by atoms with Crippen LogP contribution in [-0.2, 0) is 0 Å². The largest absolute Gasteiger partial charge is 0.491 e. The summed E-state index contributed by atoms with van der Waals surface area (Å²) >= 11 is 12.3. The summed E-state index contributed by atoms with van der Waals surface area (Å²) in [5, 5.41) is 0.952. The molecule has 2 aromatic carbocycles. The van der Waals surface area contributed by atoms with Crippen molar-refractivity contribution < 1.29 is 9.53 Å². The van der Waals surface area contributed by atoms with E-state index in [0.29, 0.717) is 28.0 Å². The Labute approximate surface area is 121 Å². The number of aldehydes is 1. The van der Waals surface area contributed by atoms with E-state index in [9.17, 15) is 4.79 Å². The number of halogens is 2. The average Bonchev–Trinajstić information content (AvgIpc) is 2.43. The lowest BCUT2D eigenvalue weighted by molar-refractivity contribution is 0.112. The summed E-state index contributed by atoms with van der Waals surface area (Å²) in [6, 6.07) is 10.8. The molecule has 0 unspecified atom stereocenters. The van der Waals surface area contributed by atoms with Crippen molar-refractivity contribution in [3.05, 3.63) is 52.0 Å². The Kier molecular flexibility index (Phi) is 4.46. The smallest absolute Gasteiger partial charge is 0.156 e. The maximum Gasteiger partial charge on any atom is 0.156 e. The summed E-state index contributed by atoms with van der Waals surface area (Å²) in [4.78, 5) is 10.6. The number of rotatable bonds is 4. The molecule has 0 spiro atoms. The van der Waals surface area contributed by atoms with Crippen LogP contribution in [0.2, 0.25) is 10.0 Å². The van der Waals surface area contributed by atoms with Gasteiger partial charge in [-0.15, -0.1) is 0 Å². The molecule has 2 rings (SSSR count). The van der Waals surface area contributed by atoms with Gasteiger partial charge in [0.25, 0.3) is 0 Å². The van der Waals surface area contributed by atoms with Crippen molar-refractivity contribution in [1.29, 1.82) is 0 Å². The minimum atomic E-state index is 0.476. The fourth-order valence-corrected chi connectivity index (χ4v) is 2.36. The Morgan fingerprint density at radius 2 is 1.63 bits per heavy atom. The maximum atomic E-state index is 10.6. The van der Waals surface area contributed by atoms with Crippen molar-refractivity contribution in [2.75, 3.05) is 6.61 Å². The Morgan fingerprint density at radius 1 is 1.05 bits per heavy atom. The third-order valence-electron chi connectivity index (χ3n) is 2.67. The molecule has 0 aliphatic carbocycles. The second kappa shape index (κ2) is 6.09. The molecule has 0 aliphatic rings. The molecule has 2 aromatic rings. The van der Waals surface area contributed by atoms with Crippen molar-refractivity contribution >= 4 is 29.5 Å². The first-order chi connectivity index (χ1) is 9.15. The van der Waals surface area contributed by atoms with Crippen LogP contribution in [0.25, 0.3) is 11.1 Å². The van der Waals surface area contributed by atoms with Crippen molar-refractivity contribution in [2.45, 2.75) is 6.92 Å². The topological polar surface area (TPSA) is 26.3 Å². The molecule has 2 nitrogen and oxygen atoms in total. The summed E-state index contributed by atoms with van der Waals surface area (Å²) in [7, 11) is 0. The Hall–Kier alpha value is -1.51. The lowest BCUT2D eigenvalue weighted by Gasteiger charge is -2.10. The summed E-state index contributed by atoms with van der Waals surface area (Å²) in [6.07, 6.45) is 0.807. The van der Waals surface area contributed by atoms with E-state index in [1.54, 1.807) is 24.3 Å². The van der Waals surface area contributed by atoms with Gasteiger partial charge in [0.1, 0.15) is 6.29 Å². The quantitative estimate of drug-likeness (QED) is 0.752. The molecule has 0 radical (unpaired) electrons. The molecule has 19 heavy (non-hydrogen) atoms. The van der Waals surface area contributed by atoms with E-state index in [4.69, 9.17) is 27.9 Å². The molecular weight excluding hydrogens is 283 g/mol. The van der Waals surface area contributed by atoms with Crippen LogP contribution in [0.15, 0.2) is 36.4 Å². The number of hydrogen-bond donors (Lipinski definition) is 0. The number of carbonyl (C=O) groups excluding carboxylic acids is 1. The molecule has 0 saturated carbocycles. The van der Waals surface area contributed by atoms with Crippen LogP contribution in [0.4, 0.5) is 0 Å². The summed E-state index contributed by atoms with van der Waals surface area (Å²) in [5.74, 6) is 0.499. The van der Waals surface area contributed by atoms with E-state index in [2.05, 4.69) is 0 Å². The van der Waals surface area contributed by atoms with Crippen LogP contribution in [0.1, 0.15) is 17.3 Å². The van der Waals surface area contributed by atoms with Gasteiger partial charge in [-0.25, -0.2) is 0 Å². The number of hydrogen-bond acceptors (Lipinski definition) is 2. The average molecular weight is 295 g/mol. The van der Waals surface area contributed by atoms with Crippen molar-refractivity contribution in [2.24, 2.45) is 0 Å². The second-order valence-corrected chi connectivity index (χ2v) is 4.76. The van der Waals surface area contributed by atoms with Gasteiger partial charge in [0, 0.05) is 5.56 Å². The Bertz CT molecular complexity index is 569. The van der Waals surface area contributed by atoms with E-state index in [1.807, 2.05) is 19.1 Å². The molecule has 0 atom stereocenters. The highest BCUT2D eigenvalue weighted by Crippen LogP contribution is 2.37. The minimum Gasteiger partial charge on any atom is -0.491 e. The highest BCUT2D eigenvalue weighted by Gasteiger charge is 2.10. The molecule has 0 aliphatic heterocycles. The molecule has 0 amide bonds. The van der Waals surface area contributed by atoms with Crippen LogP contribution in [0.5, 0.6) is 5.75 Å². The highest BCUT2D eigenvalue weighted by atomic mass is 35.5. The molecular formula is C15H12Cl2O2. The first-order valence-electron chi connectivity index (χ1n) is 5.83. The van der Waals surface area contributed by atoms with Crippen LogP contribution in [0.3, 0.4) is 0 Å². The lowest BCUT2D eigenvalue weighted by Crippen LogP contribution is -1.93. The number of benzene rings is 2. The van der Waals surface area contributed by atoms with E-state index in [1.165, 1.54) is 0 Å². The third kappa shape index (κ3) is 3.09. The molecule has 0 N–H and O–H groups in total.